The summed E-state index contributed by atoms with van der Waals surface area (Å²) in [5, 5.41) is 14.5. The van der Waals surface area contributed by atoms with Crippen LogP contribution in [-0.4, -0.2) is 25.0 Å². The van der Waals surface area contributed by atoms with Gasteiger partial charge in [0.25, 0.3) is 0 Å². The lowest BCUT2D eigenvalue weighted by Crippen LogP contribution is -2.11. The molecule has 7 heteroatoms. The maximum absolute atomic E-state index is 13.2. The number of rotatable bonds is 3. The second-order valence-corrected chi connectivity index (χ2v) is 4.16. The Morgan fingerprint density at radius 2 is 2.21 bits per heavy atom. The number of nitrogens with zero attached hydrogens (tertiary/aromatic N) is 5. The van der Waals surface area contributed by atoms with Crippen LogP contribution in [0.5, 0.6) is 0 Å². The van der Waals surface area contributed by atoms with Gasteiger partial charge in [-0.3, -0.25) is 4.98 Å². The molecule has 2 heterocycles. The molecule has 2 aromatic heterocycles. The van der Waals surface area contributed by atoms with Crippen molar-refractivity contribution in [2.75, 3.05) is 5.32 Å². The number of hydrogen-bond acceptors (Lipinski definition) is 5. The number of halogens is 1. The lowest BCUT2D eigenvalue weighted by molar-refractivity contribution is 0.623. The van der Waals surface area contributed by atoms with Crippen molar-refractivity contribution in [3.8, 4) is 0 Å². The monoisotopic (exact) mass is 258 g/mol. The zero-order valence-corrected chi connectivity index (χ0v) is 10.2. The van der Waals surface area contributed by atoms with E-state index in [-0.39, 0.29) is 11.9 Å². The van der Waals surface area contributed by atoms with E-state index in [2.05, 4.69) is 25.8 Å². The van der Waals surface area contributed by atoms with Crippen molar-refractivity contribution in [3.63, 3.8) is 0 Å². The Morgan fingerprint density at radius 1 is 1.32 bits per heavy atom. The van der Waals surface area contributed by atoms with Crippen LogP contribution in [0.3, 0.4) is 0 Å². The smallest absolute Gasteiger partial charge is 0.199 e. The third-order valence-electron chi connectivity index (χ3n) is 2.82. The molecule has 1 unspecified atom stereocenters. The molecular formula is C12H11FN6. The molecule has 0 bridgehead atoms. The van der Waals surface area contributed by atoms with Gasteiger partial charge in [-0.25, -0.2) is 4.39 Å². The molecule has 19 heavy (non-hydrogen) atoms. The van der Waals surface area contributed by atoms with Crippen molar-refractivity contribution < 1.29 is 4.39 Å². The van der Waals surface area contributed by atoms with Crippen LogP contribution in [0.15, 0.2) is 36.7 Å². The van der Waals surface area contributed by atoms with Crippen LogP contribution in [0.25, 0.3) is 5.65 Å². The van der Waals surface area contributed by atoms with E-state index in [4.69, 9.17) is 0 Å². The quantitative estimate of drug-likeness (QED) is 0.776. The Morgan fingerprint density at radius 3 is 3.05 bits per heavy atom. The number of tetrazole rings is 1. The van der Waals surface area contributed by atoms with Crippen molar-refractivity contribution in [2.24, 2.45) is 0 Å². The van der Waals surface area contributed by atoms with E-state index in [0.717, 1.165) is 5.56 Å². The number of anilines is 1. The Hall–Kier alpha value is -2.57. The lowest BCUT2D eigenvalue weighted by atomic mass is 10.1. The number of hydrogen-bond donors (Lipinski definition) is 1. The maximum Gasteiger partial charge on any atom is 0.199 e. The van der Waals surface area contributed by atoms with Gasteiger partial charge in [-0.05, 0) is 35.0 Å². The van der Waals surface area contributed by atoms with Crippen LogP contribution >= 0.6 is 0 Å². The minimum Gasteiger partial charge on any atom is -0.362 e. The van der Waals surface area contributed by atoms with E-state index >= 15 is 0 Å². The number of benzene rings is 1. The first-order chi connectivity index (χ1) is 9.24. The first-order valence-electron chi connectivity index (χ1n) is 5.78. The molecule has 0 spiro atoms. The SMILES string of the molecule is CC(Nc1cncc2nnnn12)c1cccc(F)c1. The summed E-state index contributed by atoms with van der Waals surface area (Å²) in [7, 11) is 0. The first-order valence-corrected chi connectivity index (χ1v) is 5.78. The molecule has 1 atom stereocenters. The van der Waals surface area contributed by atoms with Gasteiger partial charge in [-0.1, -0.05) is 12.1 Å². The molecule has 1 N–H and O–H groups in total. The molecule has 0 aliphatic heterocycles. The van der Waals surface area contributed by atoms with Gasteiger partial charge in [0.1, 0.15) is 5.82 Å². The van der Waals surface area contributed by atoms with Gasteiger partial charge in [0.05, 0.1) is 18.4 Å². The number of fused-ring (bicyclic) bond motifs is 1. The second-order valence-electron chi connectivity index (χ2n) is 4.16. The predicted molar refractivity (Wildman–Crippen MR) is 67.0 cm³/mol. The molecule has 6 nitrogen and oxygen atoms in total. The second kappa shape index (κ2) is 4.60. The zero-order valence-electron chi connectivity index (χ0n) is 10.2. The minimum atomic E-state index is -0.259. The van der Waals surface area contributed by atoms with Crippen LogP contribution < -0.4 is 5.32 Å². The number of aromatic nitrogens is 5. The minimum absolute atomic E-state index is 0.0905. The van der Waals surface area contributed by atoms with Gasteiger partial charge in [0.15, 0.2) is 11.5 Å². The summed E-state index contributed by atoms with van der Waals surface area (Å²) in [4.78, 5) is 4.05. The molecule has 3 aromatic rings. The molecule has 0 amide bonds. The summed E-state index contributed by atoms with van der Waals surface area (Å²) < 4.78 is 14.7. The summed E-state index contributed by atoms with van der Waals surface area (Å²) in [6.07, 6.45) is 3.19. The standard InChI is InChI=1S/C12H11FN6/c1-8(9-3-2-4-10(13)5-9)15-11-6-14-7-12-16-17-18-19(11)12/h2-8,15H,1H3. The fourth-order valence-electron chi connectivity index (χ4n) is 1.85. The Balaban J connectivity index is 1.90. The zero-order chi connectivity index (χ0) is 13.2. The van der Waals surface area contributed by atoms with Crippen molar-refractivity contribution in [1.82, 2.24) is 25.0 Å². The van der Waals surface area contributed by atoms with E-state index in [1.165, 1.54) is 12.1 Å². The van der Waals surface area contributed by atoms with Gasteiger partial charge < -0.3 is 5.32 Å². The largest absolute Gasteiger partial charge is 0.362 e. The molecule has 0 saturated carbocycles. The van der Waals surface area contributed by atoms with Gasteiger partial charge in [0.2, 0.25) is 0 Å². The lowest BCUT2D eigenvalue weighted by Gasteiger charge is -2.15. The maximum atomic E-state index is 13.2. The summed E-state index contributed by atoms with van der Waals surface area (Å²) in [5.41, 5.74) is 1.39. The van der Waals surface area contributed by atoms with Crippen LogP contribution in [0.1, 0.15) is 18.5 Å². The predicted octanol–water partition coefficient (Wildman–Crippen LogP) is 1.83. The van der Waals surface area contributed by atoms with Crippen molar-refractivity contribution in [3.05, 3.63) is 48.0 Å². The fraction of sp³-hybridized carbons (Fsp3) is 0.167. The summed E-state index contributed by atoms with van der Waals surface area (Å²) in [6, 6.07) is 6.35. The molecular weight excluding hydrogens is 247 g/mol. The van der Waals surface area contributed by atoms with E-state index in [9.17, 15) is 4.39 Å². The highest BCUT2D eigenvalue weighted by Crippen LogP contribution is 2.19. The van der Waals surface area contributed by atoms with Gasteiger partial charge >= 0.3 is 0 Å². The van der Waals surface area contributed by atoms with Crippen LogP contribution in [-0.2, 0) is 0 Å². The Labute approximate surface area is 108 Å². The molecule has 0 aliphatic carbocycles. The van der Waals surface area contributed by atoms with E-state index in [0.29, 0.717) is 11.5 Å². The summed E-state index contributed by atoms with van der Waals surface area (Å²) in [6.45, 7) is 1.93. The van der Waals surface area contributed by atoms with E-state index in [1.807, 2.05) is 13.0 Å². The highest BCUT2D eigenvalue weighted by molar-refractivity contribution is 5.45. The third-order valence-corrected chi connectivity index (χ3v) is 2.82. The Kier molecular flexibility index (Phi) is 2.79. The first kappa shape index (κ1) is 11.5. The molecule has 0 fully saturated rings. The molecule has 0 saturated heterocycles. The topological polar surface area (TPSA) is 68.0 Å². The van der Waals surface area contributed by atoms with Crippen molar-refractivity contribution in [2.45, 2.75) is 13.0 Å². The van der Waals surface area contributed by atoms with Gasteiger partial charge in [-0.15, -0.1) is 5.10 Å². The average molecular weight is 258 g/mol. The normalized spacial score (nSPS) is 12.5. The van der Waals surface area contributed by atoms with E-state index < -0.39 is 0 Å². The highest BCUT2D eigenvalue weighted by atomic mass is 19.1. The highest BCUT2D eigenvalue weighted by Gasteiger charge is 2.09. The molecule has 0 aliphatic rings. The molecule has 96 valence electrons. The van der Waals surface area contributed by atoms with Crippen molar-refractivity contribution in [1.29, 1.82) is 0 Å². The van der Waals surface area contributed by atoms with Crippen LogP contribution in [0.2, 0.25) is 0 Å². The van der Waals surface area contributed by atoms with E-state index in [1.54, 1.807) is 23.0 Å². The fourth-order valence-corrected chi connectivity index (χ4v) is 1.85. The molecule has 1 aromatic carbocycles. The van der Waals surface area contributed by atoms with Gasteiger partial charge in [-0.2, -0.15) is 4.52 Å². The third kappa shape index (κ3) is 2.22. The average Bonchev–Trinajstić information content (AvgIpc) is 2.88. The van der Waals surface area contributed by atoms with Crippen LogP contribution in [0.4, 0.5) is 10.2 Å². The summed E-state index contributed by atoms with van der Waals surface area (Å²) >= 11 is 0. The molecule has 0 radical (unpaired) electrons. The molecule has 3 rings (SSSR count). The Bertz CT molecular complexity index is 710. The van der Waals surface area contributed by atoms with Crippen molar-refractivity contribution >= 4 is 11.5 Å². The van der Waals surface area contributed by atoms with Crippen LogP contribution in [0, 0.1) is 5.82 Å². The van der Waals surface area contributed by atoms with Gasteiger partial charge in [0, 0.05) is 0 Å². The summed E-state index contributed by atoms with van der Waals surface area (Å²) in [5.74, 6) is 0.393. The number of nitrogens with one attached hydrogen (secondary N) is 1.